The molecule has 2 aliphatic rings. The highest BCUT2D eigenvalue weighted by Gasteiger charge is 2.31. The smallest absolute Gasteiger partial charge is 0.0959 e. The molecule has 0 spiro atoms. The summed E-state index contributed by atoms with van der Waals surface area (Å²) in [6.45, 7) is 1.51. The number of hydrogen-bond donors (Lipinski definition) is 0. The molecule has 0 radical (unpaired) electrons. The molecule has 4 heteroatoms. The molecule has 15 heavy (non-hydrogen) atoms. The predicted octanol–water partition coefficient (Wildman–Crippen LogP) is 2.12. The van der Waals surface area contributed by atoms with Crippen molar-refractivity contribution < 1.29 is 14.2 Å². The van der Waals surface area contributed by atoms with Crippen molar-refractivity contribution in [3.63, 3.8) is 0 Å². The van der Waals surface area contributed by atoms with Gasteiger partial charge < -0.3 is 14.2 Å². The molecule has 0 aromatic rings. The summed E-state index contributed by atoms with van der Waals surface area (Å²) in [7, 11) is 1.80. The Bertz CT molecular complexity index is 192. The SMILES string of the molecule is COC1CCC(OC2COCC2Br)CC1. The van der Waals surface area contributed by atoms with Crippen LogP contribution >= 0.6 is 15.9 Å². The molecular weight excluding hydrogens is 260 g/mol. The van der Waals surface area contributed by atoms with E-state index in [9.17, 15) is 0 Å². The first kappa shape index (κ1) is 11.8. The van der Waals surface area contributed by atoms with Gasteiger partial charge in [-0.3, -0.25) is 0 Å². The normalized spacial score (nSPS) is 42.0. The second-order valence-corrected chi connectivity index (χ2v) is 5.54. The molecule has 1 saturated heterocycles. The molecule has 0 bridgehead atoms. The van der Waals surface area contributed by atoms with Crippen LogP contribution in [0, 0.1) is 0 Å². The standard InChI is InChI=1S/C11H19BrO3/c1-13-8-2-4-9(5-3-8)15-11-7-14-6-10(11)12/h8-11H,2-7H2,1H3. The Labute approximate surface area is 99.6 Å². The first-order chi connectivity index (χ1) is 7.29. The number of hydrogen-bond acceptors (Lipinski definition) is 3. The van der Waals surface area contributed by atoms with E-state index in [1.54, 1.807) is 7.11 Å². The molecule has 1 saturated carbocycles. The number of ether oxygens (including phenoxy) is 3. The summed E-state index contributed by atoms with van der Waals surface area (Å²) in [5.41, 5.74) is 0. The van der Waals surface area contributed by atoms with Crippen LogP contribution in [-0.4, -0.2) is 43.5 Å². The zero-order chi connectivity index (χ0) is 10.7. The molecule has 1 aliphatic carbocycles. The second kappa shape index (κ2) is 5.62. The van der Waals surface area contributed by atoms with E-state index in [1.165, 1.54) is 0 Å². The van der Waals surface area contributed by atoms with Gasteiger partial charge in [-0.05, 0) is 25.7 Å². The Morgan fingerprint density at radius 2 is 1.73 bits per heavy atom. The maximum Gasteiger partial charge on any atom is 0.0959 e. The summed E-state index contributed by atoms with van der Waals surface area (Å²) in [6, 6.07) is 0. The van der Waals surface area contributed by atoms with Gasteiger partial charge in [-0.15, -0.1) is 0 Å². The Morgan fingerprint density at radius 1 is 1.07 bits per heavy atom. The van der Waals surface area contributed by atoms with Crippen molar-refractivity contribution in [3.8, 4) is 0 Å². The first-order valence-electron chi connectivity index (χ1n) is 5.69. The Morgan fingerprint density at radius 3 is 2.27 bits per heavy atom. The van der Waals surface area contributed by atoms with Gasteiger partial charge in [0.15, 0.2) is 0 Å². The van der Waals surface area contributed by atoms with Crippen LogP contribution in [0.4, 0.5) is 0 Å². The summed E-state index contributed by atoms with van der Waals surface area (Å²) < 4.78 is 16.7. The van der Waals surface area contributed by atoms with Gasteiger partial charge in [-0.1, -0.05) is 15.9 Å². The minimum Gasteiger partial charge on any atom is -0.381 e. The van der Waals surface area contributed by atoms with Crippen LogP contribution in [0.5, 0.6) is 0 Å². The summed E-state index contributed by atoms with van der Waals surface area (Å²) in [5, 5.41) is 0. The third kappa shape index (κ3) is 3.16. The van der Waals surface area contributed by atoms with Crippen LogP contribution in [0.3, 0.4) is 0 Å². The molecule has 1 aliphatic heterocycles. The zero-order valence-electron chi connectivity index (χ0n) is 9.15. The van der Waals surface area contributed by atoms with Crippen molar-refractivity contribution in [1.82, 2.24) is 0 Å². The van der Waals surface area contributed by atoms with E-state index in [1.807, 2.05) is 0 Å². The lowest BCUT2D eigenvalue weighted by atomic mass is 9.95. The van der Waals surface area contributed by atoms with Crippen LogP contribution in [0.15, 0.2) is 0 Å². The summed E-state index contributed by atoms with van der Waals surface area (Å²) in [5.74, 6) is 0. The van der Waals surface area contributed by atoms with Crippen LogP contribution < -0.4 is 0 Å². The van der Waals surface area contributed by atoms with E-state index in [-0.39, 0.29) is 6.10 Å². The van der Waals surface area contributed by atoms with Crippen molar-refractivity contribution in [2.45, 2.75) is 48.8 Å². The van der Waals surface area contributed by atoms with Gasteiger partial charge >= 0.3 is 0 Å². The lowest BCUT2D eigenvalue weighted by molar-refractivity contribution is -0.0535. The van der Waals surface area contributed by atoms with Crippen molar-refractivity contribution in [2.24, 2.45) is 0 Å². The van der Waals surface area contributed by atoms with E-state index in [2.05, 4.69) is 15.9 Å². The predicted molar refractivity (Wildman–Crippen MR) is 61.5 cm³/mol. The largest absolute Gasteiger partial charge is 0.381 e. The van der Waals surface area contributed by atoms with Crippen LogP contribution in [0.2, 0.25) is 0 Å². The molecule has 2 unspecified atom stereocenters. The van der Waals surface area contributed by atoms with Gasteiger partial charge in [0.05, 0.1) is 36.4 Å². The maximum atomic E-state index is 6.03. The molecule has 1 heterocycles. The fourth-order valence-electron chi connectivity index (χ4n) is 2.28. The highest BCUT2D eigenvalue weighted by Crippen LogP contribution is 2.27. The van der Waals surface area contributed by atoms with E-state index >= 15 is 0 Å². The van der Waals surface area contributed by atoms with E-state index in [0.29, 0.717) is 17.0 Å². The molecule has 2 rings (SSSR count). The van der Waals surface area contributed by atoms with E-state index < -0.39 is 0 Å². The van der Waals surface area contributed by atoms with E-state index in [4.69, 9.17) is 14.2 Å². The number of methoxy groups -OCH3 is 1. The van der Waals surface area contributed by atoms with Crippen LogP contribution in [0.25, 0.3) is 0 Å². The average molecular weight is 279 g/mol. The van der Waals surface area contributed by atoms with Gasteiger partial charge in [0, 0.05) is 7.11 Å². The summed E-state index contributed by atoms with van der Waals surface area (Å²) in [4.78, 5) is 0.373. The zero-order valence-corrected chi connectivity index (χ0v) is 10.7. The Balaban J connectivity index is 1.72. The quantitative estimate of drug-likeness (QED) is 0.741. The van der Waals surface area contributed by atoms with E-state index in [0.717, 1.165) is 38.9 Å². The van der Waals surface area contributed by atoms with Gasteiger partial charge in [-0.25, -0.2) is 0 Å². The lowest BCUT2D eigenvalue weighted by Crippen LogP contribution is -2.32. The summed E-state index contributed by atoms with van der Waals surface area (Å²) >= 11 is 3.58. The molecule has 3 nitrogen and oxygen atoms in total. The minimum atomic E-state index is 0.245. The highest BCUT2D eigenvalue weighted by atomic mass is 79.9. The molecule has 0 aromatic carbocycles. The van der Waals surface area contributed by atoms with Gasteiger partial charge in [0.2, 0.25) is 0 Å². The van der Waals surface area contributed by atoms with Crippen molar-refractivity contribution in [3.05, 3.63) is 0 Å². The molecule has 88 valence electrons. The minimum absolute atomic E-state index is 0.245. The average Bonchev–Trinajstić information content (AvgIpc) is 2.66. The fraction of sp³-hybridized carbons (Fsp3) is 1.00. The van der Waals surface area contributed by atoms with Crippen LogP contribution in [-0.2, 0) is 14.2 Å². The topological polar surface area (TPSA) is 27.7 Å². The monoisotopic (exact) mass is 278 g/mol. The highest BCUT2D eigenvalue weighted by molar-refractivity contribution is 9.09. The molecule has 0 amide bonds. The van der Waals surface area contributed by atoms with Crippen molar-refractivity contribution >= 4 is 15.9 Å². The molecule has 2 fully saturated rings. The number of halogens is 1. The molecule has 0 aromatic heterocycles. The number of rotatable bonds is 3. The lowest BCUT2D eigenvalue weighted by Gasteiger charge is -2.30. The number of alkyl halides is 1. The third-order valence-corrected chi connectivity index (χ3v) is 4.14. The Kier molecular flexibility index (Phi) is 4.43. The first-order valence-corrected chi connectivity index (χ1v) is 6.61. The van der Waals surface area contributed by atoms with Gasteiger partial charge in [0.25, 0.3) is 0 Å². The molecule has 2 atom stereocenters. The molecular formula is C11H19BrO3. The van der Waals surface area contributed by atoms with Crippen molar-refractivity contribution in [1.29, 1.82) is 0 Å². The maximum absolute atomic E-state index is 6.03. The molecule has 0 N–H and O–H groups in total. The van der Waals surface area contributed by atoms with Gasteiger partial charge in [0.1, 0.15) is 0 Å². The van der Waals surface area contributed by atoms with Crippen molar-refractivity contribution in [2.75, 3.05) is 20.3 Å². The van der Waals surface area contributed by atoms with Gasteiger partial charge in [-0.2, -0.15) is 0 Å². The second-order valence-electron chi connectivity index (χ2n) is 4.36. The third-order valence-electron chi connectivity index (χ3n) is 3.28. The van der Waals surface area contributed by atoms with Crippen LogP contribution in [0.1, 0.15) is 25.7 Å². The fourth-order valence-corrected chi connectivity index (χ4v) is 2.75. The Hall–Kier alpha value is 0.360. The summed E-state index contributed by atoms with van der Waals surface area (Å²) in [6.07, 6.45) is 5.59.